The Labute approximate surface area is 238 Å². The van der Waals surface area contributed by atoms with E-state index in [-0.39, 0.29) is 22.8 Å². The molecule has 0 spiro atoms. The van der Waals surface area contributed by atoms with Gasteiger partial charge in [0.25, 0.3) is 0 Å². The third-order valence-corrected chi connectivity index (χ3v) is 9.73. The van der Waals surface area contributed by atoms with E-state index in [1.165, 1.54) is 12.8 Å². The summed E-state index contributed by atoms with van der Waals surface area (Å²) in [6.07, 6.45) is 13.9. The van der Waals surface area contributed by atoms with Crippen LogP contribution in [0.2, 0.25) is 0 Å². The third kappa shape index (κ3) is 4.08. The number of rotatable bonds is 6. The molecule has 0 saturated carbocycles. The first kappa shape index (κ1) is 25.1. The fourth-order valence-corrected chi connectivity index (χ4v) is 7.76. The van der Waals surface area contributed by atoms with E-state index in [0.29, 0.717) is 35.5 Å². The topological polar surface area (TPSA) is 79.3 Å². The van der Waals surface area contributed by atoms with Crippen molar-refractivity contribution in [1.29, 1.82) is 0 Å². The maximum Gasteiger partial charge on any atom is 0.319 e. The Kier molecular flexibility index (Phi) is 5.93. The predicted molar refractivity (Wildman–Crippen MR) is 159 cm³/mol. The Bertz CT molecular complexity index is 1650. The zero-order chi connectivity index (χ0) is 27.6. The first-order chi connectivity index (χ1) is 20.1. The van der Waals surface area contributed by atoms with E-state index in [1.807, 2.05) is 18.2 Å². The van der Waals surface area contributed by atoms with Gasteiger partial charge in [-0.3, -0.25) is 14.9 Å². The van der Waals surface area contributed by atoms with E-state index >= 15 is 4.39 Å². The van der Waals surface area contributed by atoms with Gasteiger partial charge >= 0.3 is 6.01 Å². The summed E-state index contributed by atoms with van der Waals surface area (Å²) in [4.78, 5) is 23.5. The van der Waals surface area contributed by atoms with Crippen LogP contribution in [0.1, 0.15) is 44.1 Å². The molecule has 210 valence electrons. The molecule has 9 heteroatoms. The van der Waals surface area contributed by atoms with Crippen LogP contribution < -0.4 is 15.0 Å². The normalized spacial score (nSPS) is 23.4. The lowest BCUT2D eigenvalue weighted by atomic mass is 9.95. The number of halogens is 1. The Hall–Kier alpha value is -3.69. The van der Waals surface area contributed by atoms with Crippen molar-refractivity contribution >= 4 is 33.6 Å². The van der Waals surface area contributed by atoms with E-state index in [2.05, 4.69) is 31.7 Å². The van der Waals surface area contributed by atoms with Gasteiger partial charge in [0.2, 0.25) is 0 Å². The first-order valence-electron chi connectivity index (χ1n) is 14.9. The summed E-state index contributed by atoms with van der Waals surface area (Å²) in [7, 11) is 0. The lowest BCUT2D eigenvalue weighted by Crippen LogP contribution is -2.51. The van der Waals surface area contributed by atoms with Crippen molar-refractivity contribution < 1.29 is 9.13 Å². The molecule has 4 saturated heterocycles. The Morgan fingerprint density at radius 1 is 1.07 bits per heavy atom. The van der Waals surface area contributed by atoms with Crippen molar-refractivity contribution in [3.63, 3.8) is 0 Å². The molecule has 8 nitrogen and oxygen atoms in total. The van der Waals surface area contributed by atoms with Gasteiger partial charge in [0.1, 0.15) is 23.6 Å². The molecule has 2 bridgehead atoms. The Balaban J connectivity index is 1.26. The van der Waals surface area contributed by atoms with Crippen LogP contribution in [0.4, 0.5) is 10.2 Å². The number of ether oxygens (including phenoxy) is 1. The molecule has 0 aliphatic carbocycles. The number of pyridine rings is 2. The molecule has 1 aromatic carbocycles. The fraction of sp³-hybridized carbons (Fsp3) is 0.438. The van der Waals surface area contributed by atoms with Crippen LogP contribution in [-0.2, 0) is 0 Å². The summed E-state index contributed by atoms with van der Waals surface area (Å²) in [6, 6.07) is 6.95. The minimum Gasteiger partial charge on any atom is -0.461 e. The average Bonchev–Trinajstić information content (AvgIpc) is 3.69. The zero-order valence-electron chi connectivity index (χ0n) is 23.2. The summed E-state index contributed by atoms with van der Waals surface area (Å²) < 4.78 is 23.1. The molecular weight excluding hydrogens is 517 g/mol. The van der Waals surface area contributed by atoms with Gasteiger partial charge in [0.05, 0.1) is 10.9 Å². The molecule has 4 aliphatic rings. The van der Waals surface area contributed by atoms with Crippen LogP contribution in [0.25, 0.3) is 39.0 Å². The highest BCUT2D eigenvalue weighted by molar-refractivity contribution is 6.02. The second kappa shape index (κ2) is 9.70. The quantitative estimate of drug-likeness (QED) is 0.360. The minimum absolute atomic E-state index is 0.0459. The second-order valence-corrected chi connectivity index (χ2v) is 12.1. The molecule has 41 heavy (non-hydrogen) atoms. The van der Waals surface area contributed by atoms with E-state index in [0.717, 1.165) is 68.2 Å². The molecule has 0 amide bonds. The summed E-state index contributed by atoms with van der Waals surface area (Å²) >= 11 is 0. The predicted octanol–water partition coefficient (Wildman–Crippen LogP) is 4.97. The molecule has 4 fully saturated rings. The van der Waals surface area contributed by atoms with E-state index in [1.54, 1.807) is 24.7 Å². The molecular formula is C32H34FN7O. The van der Waals surface area contributed by atoms with E-state index < -0.39 is 5.82 Å². The summed E-state index contributed by atoms with van der Waals surface area (Å²) in [6.45, 7) is 8.37. The number of anilines is 1. The number of hydrogen-bond acceptors (Lipinski definition) is 8. The van der Waals surface area contributed by atoms with E-state index in [4.69, 9.17) is 14.7 Å². The highest BCUT2D eigenvalue weighted by Gasteiger charge is 2.45. The van der Waals surface area contributed by atoms with Crippen molar-refractivity contribution in [3.8, 4) is 17.3 Å². The summed E-state index contributed by atoms with van der Waals surface area (Å²) in [5.41, 5.74) is 2.02. The van der Waals surface area contributed by atoms with Crippen molar-refractivity contribution in [3.05, 3.63) is 54.7 Å². The van der Waals surface area contributed by atoms with Crippen LogP contribution in [0.5, 0.6) is 6.01 Å². The zero-order valence-corrected chi connectivity index (χ0v) is 23.2. The van der Waals surface area contributed by atoms with Gasteiger partial charge in [-0.25, -0.2) is 4.39 Å². The molecule has 4 aliphatic heterocycles. The van der Waals surface area contributed by atoms with Crippen LogP contribution in [0.15, 0.2) is 43.4 Å². The van der Waals surface area contributed by atoms with E-state index in [9.17, 15) is 0 Å². The summed E-state index contributed by atoms with van der Waals surface area (Å²) in [5.74, 6) is 0.222. The van der Waals surface area contributed by atoms with Crippen LogP contribution >= 0.6 is 0 Å². The molecule has 0 radical (unpaired) electrons. The highest BCUT2D eigenvalue weighted by Crippen LogP contribution is 2.40. The SMILES string of the molecule is C=Cc1cccc2cncc(-c3ncc4c(N5CC6CCC(C5)N6)nc(OCC56CCCN5CCC6)nc4c3F)c12. The van der Waals surface area contributed by atoms with Gasteiger partial charge in [-0.15, -0.1) is 0 Å². The largest absolute Gasteiger partial charge is 0.461 e. The van der Waals surface area contributed by atoms with Gasteiger partial charge in [0.15, 0.2) is 5.82 Å². The van der Waals surface area contributed by atoms with Gasteiger partial charge in [-0.2, -0.15) is 9.97 Å². The van der Waals surface area contributed by atoms with Crippen LogP contribution in [0.3, 0.4) is 0 Å². The molecule has 1 N–H and O–H groups in total. The van der Waals surface area contributed by atoms with Crippen molar-refractivity contribution in [2.75, 3.05) is 37.7 Å². The van der Waals surface area contributed by atoms with Gasteiger partial charge in [-0.1, -0.05) is 30.9 Å². The average molecular weight is 552 g/mol. The lowest BCUT2D eigenvalue weighted by Gasteiger charge is -2.34. The number of benzene rings is 1. The fourth-order valence-electron chi connectivity index (χ4n) is 7.76. The highest BCUT2D eigenvalue weighted by atomic mass is 19.1. The number of fused-ring (bicyclic) bond motifs is 5. The van der Waals surface area contributed by atoms with Crippen molar-refractivity contribution in [2.24, 2.45) is 0 Å². The van der Waals surface area contributed by atoms with Gasteiger partial charge < -0.3 is 15.0 Å². The molecule has 2 atom stereocenters. The second-order valence-electron chi connectivity index (χ2n) is 12.1. The van der Waals surface area contributed by atoms with Crippen LogP contribution in [0, 0.1) is 5.82 Å². The molecule has 4 aromatic rings. The van der Waals surface area contributed by atoms with Crippen LogP contribution in [-0.4, -0.2) is 75.2 Å². The monoisotopic (exact) mass is 551 g/mol. The number of piperazine rings is 1. The minimum atomic E-state index is -0.483. The molecule has 2 unspecified atom stereocenters. The molecule has 7 heterocycles. The summed E-state index contributed by atoms with van der Waals surface area (Å²) in [5, 5.41) is 6.07. The number of aromatic nitrogens is 4. The Morgan fingerprint density at radius 3 is 2.66 bits per heavy atom. The van der Waals surface area contributed by atoms with Gasteiger partial charge in [-0.05, 0) is 57.2 Å². The maximum atomic E-state index is 16.7. The Morgan fingerprint density at radius 2 is 1.88 bits per heavy atom. The maximum absolute atomic E-state index is 16.7. The number of nitrogens with one attached hydrogen (secondary N) is 1. The van der Waals surface area contributed by atoms with Crippen molar-refractivity contribution in [2.45, 2.75) is 56.1 Å². The smallest absolute Gasteiger partial charge is 0.319 e. The number of nitrogens with zero attached hydrogens (tertiary/aromatic N) is 6. The first-order valence-corrected chi connectivity index (χ1v) is 14.9. The van der Waals surface area contributed by atoms with Gasteiger partial charge in [0, 0.05) is 60.1 Å². The lowest BCUT2D eigenvalue weighted by molar-refractivity contribution is 0.108. The van der Waals surface area contributed by atoms with Crippen molar-refractivity contribution in [1.82, 2.24) is 30.2 Å². The number of hydrogen-bond donors (Lipinski definition) is 1. The third-order valence-electron chi connectivity index (χ3n) is 9.73. The molecule has 3 aromatic heterocycles. The molecule has 8 rings (SSSR count). The standard InChI is InChI=1S/C32H34FN7O/c1-2-20-6-3-7-21-14-34-15-24(26(20)21)28-27(33)29-25(16-35-28)30(39-17-22-8-9-23(18-39)36-22)38-31(37-29)41-19-32-10-4-12-40(32)13-5-11-32/h2-3,6-7,14-16,22-23,36H,1,4-5,8-13,17-19H2.